The van der Waals surface area contributed by atoms with Crippen molar-refractivity contribution in [1.29, 1.82) is 0 Å². The number of anilines is 1. The number of nitrogens with zero attached hydrogens (tertiary/aromatic N) is 5. The molecule has 1 atom stereocenters. The second-order valence-electron chi connectivity index (χ2n) is 4.80. The molecule has 20 heavy (non-hydrogen) atoms. The summed E-state index contributed by atoms with van der Waals surface area (Å²) in [5.74, 6) is 0.763. The first-order valence-corrected chi connectivity index (χ1v) is 6.66. The smallest absolute Gasteiger partial charge is 0.250 e. The molecule has 1 aliphatic rings. The second-order valence-corrected chi connectivity index (χ2v) is 4.80. The van der Waals surface area contributed by atoms with E-state index in [-0.39, 0.29) is 12.5 Å². The number of tetrazole rings is 1. The van der Waals surface area contributed by atoms with Crippen LogP contribution >= 0.6 is 0 Å². The Balaban J connectivity index is 1.89. The first-order valence-electron chi connectivity index (χ1n) is 6.66. The molecule has 1 aromatic heterocycles. The van der Waals surface area contributed by atoms with Crippen LogP contribution in [0.15, 0.2) is 30.3 Å². The van der Waals surface area contributed by atoms with Gasteiger partial charge in [-0.3, -0.25) is 0 Å². The number of rotatable bonds is 3. The molecule has 0 spiro atoms. The summed E-state index contributed by atoms with van der Waals surface area (Å²) in [7, 11) is 0. The Bertz CT molecular complexity index is 545. The Kier molecular flexibility index (Phi) is 3.89. The van der Waals surface area contributed by atoms with Gasteiger partial charge in [0, 0.05) is 25.6 Å². The highest BCUT2D eigenvalue weighted by atomic mass is 16.5. The number of para-hydroxylation sites is 1. The van der Waals surface area contributed by atoms with Crippen LogP contribution in [0, 0.1) is 5.92 Å². The highest BCUT2D eigenvalue weighted by Gasteiger charge is 2.22. The third-order valence-corrected chi connectivity index (χ3v) is 3.33. The van der Waals surface area contributed by atoms with Crippen molar-refractivity contribution >= 4 is 5.95 Å². The summed E-state index contributed by atoms with van der Waals surface area (Å²) in [6, 6.07) is 9.76. The number of hydrogen-bond donors (Lipinski definition) is 1. The lowest BCUT2D eigenvalue weighted by Crippen LogP contribution is -2.33. The molecule has 0 radical (unpaired) electrons. The molecule has 7 heteroatoms. The molecule has 1 unspecified atom stereocenters. The quantitative estimate of drug-likeness (QED) is 0.856. The maximum atomic E-state index is 9.35. The van der Waals surface area contributed by atoms with E-state index in [0.29, 0.717) is 32.3 Å². The van der Waals surface area contributed by atoms with E-state index in [1.54, 1.807) is 4.68 Å². The summed E-state index contributed by atoms with van der Waals surface area (Å²) < 4.78 is 7.20. The summed E-state index contributed by atoms with van der Waals surface area (Å²) in [5, 5.41) is 21.3. The fraction of sp³-hybridized carbons (Fsp3) is 0.462. The molecule has 1 saturated heterocycles. The third-order valence-electron chi connectivity index (χ3n) is 3.33. The van der Waals surface area contributed by atoms with E-state index in [9.17, 15) is 5.11 Å². The third kappa shape index (κ3) is 2.63. The van der Waals surface area contributed by atoms with Gasteiger partial charge in [0.05, 0.1) is 18.9 Å². The molecule has 2 heterocycles. The van der Waals surface area contributed by atoms with Crippen LogP contribution in [-0.2, 0) is 4.74 Å². The van der Waals surface area contributed by atoms with Crippen molar-refractivity contribution in [2.24, 2.45) is 5.92 Å². The molecule has 7 nitrogen and oxygen atoms in total. The lowest BCUT2D eigenvalue weighted by Gasteiger charge is -2.22. The zero-order chi connectivity index (χ0) is 13.8. The topological polar surface area (TPSA) is 76.3 Å². The average molecular weight is 275 g/mol. The van der Waals surface area contributed by atoms with Gasteiger partial charge in [-0.2, -0.15) is 4.68 Å². The lowest BCUT2D eigenvalue weighted by atomic mass is 10.2. The van der Waals surface area contributed by atoms with Crippen LogP contribution in [0.1, 0.15) is 0 Å². The van der Waals surface area contributed by atoms with E-state index in [0.717, 1.165) is 5.69 Å². The average Bonchev–Trinajstić information content (AvgIpc) is 2.87. The zero-order valence-corrected chi connectivity index (χ0v) is 11.1. The minimum Gasteiger partial charge on any atom is -0.396 e. The number of aliphatic hydroxyl groups is 1. The minimum atomic E-state index is 0.0819. The molecule has 1 aromatic carbocycles. The van der Waals surface area contributed by atoms with Crippen LogP contribution < -0.4 is 4.90 Å². The van der Waals surface area contributed by atoms with Gasteiger partial charge in [-0.15, -0.1) is 0 Å². The van der Waals surface area contributed by atoms with Gasteiger partial charge in [-0.05, 0) is 22.6 Å². The fourth-order valence-electron chi connectivity index (χ4n) is 2.29. The Labute approximate surface area is 116 Å². The van der Waals surface area contributed by atoms with Crippen LogP contribution in [0.2, 0.25) is 0 Å². The van der Waals surface area contributed by atoms with E-state index in [2.05, 4.69) is 20.4 Å². The summed E-state index contributed by atoms with van der Waals surface area (Å²) in [6.07, 6.45) is 0. The molecule has 2 aromatic rings. The first kappa shape index (κ1) is 13.0. The summed E-state index contributed by atoms with van der Waals surface area (Å²) in [4.78, 5) is 2.06. The molecule has 3 rings (SSSR count). The summed E-state index contributed by atoms with van der Waals surface area (Å²) in [6.45, 7) is 2.68. The highest BCUT2D eigenvalue weighted by Crippen LogP contribution is 2.18. The Morgan fingerprint density at radius 1 is 1.30 bits per heavy atom. The van der Waals surface area contributed by atoms with E-state index >= 15 is 0 Å². The lowest BCUT2D eigenvalue weighted by molar-refractivity contribution is 0.0959. The van der Waals surface area contributed by atoms with E-state index in [4.69, 9.17) is 4.74 Å². The standard InChI is InChI=1S/C13H17N5O2/c19-9-11-8-17(6-7-20-10-11)13-14-15-16-18(13)12-4-2-1-3-5-12/h1-5,11,19H,6-10H2. The predicted octanol–water partition coefficient (Wildman–Crippen LogP) is 0.107. The van der Waals surface area contributed by atoms with Crippen LogP contribution in [-0.4, -0.2) is 58.2 Å². The van der Waals surface area contributed by atoms with Crippen molar-refractivity contribution in [3.8, 4) is 5.69 Å². The van der Waals surface area contributed by atoms with Gasteiger partial charge in [0.1, 0.15) is 0 Å². The minimum absolute atomic E-state index is 0.0819. The Morgan fingerprint density at radius 3 is 2.95 bits per heavy atom. The van der Waals surface area contributed by atoms with E-state index in [1.807, 2.05) is 30.3 Å². The van der Waals surface area contributed by atoms with E-state index < -0.39 is 0 Å². The number of aliphatic hydroxyl groups excluding tert-OH is 1. The van der Waals surface area contributed by atoms with Crippen LogP contribution in [0.4, 0.5) is 5.95 Å². The van der Waals surface area contributed by atoms with E-state index in [1.165, 1.54) is 0 Å². The van der Waals surface area contributed by atoms with Gasteiger partial charge < -0.3 is 14.7 Å². The van der Waals surface area contributed by atoms with Gasteiger partial charge in [0.15, 0.2) is 0 Å². The summed E-state index contributed by atoms with van der Waals surface area (Å²) >= 11 is 0. The van der Waals surface area contributed by atoms with Crippen molar-refractivity contribution in [3.63, 3.8) is 0 Å². The van der Waals surface area contributed by atoms with Gasteiger partial charge in [0.2, 0.25) is 5.95 Å². The fourth-order valence-corrected chi connectivity index (χ4v) is 2.29. The van der Waals surface area contributed by atoms with Crippen molar-refractivity contribution in [3.05, 3.63) is 30.3 Å². The number of benzene rings is 1. The molecule has 0 amide bonds. The first-order chi connectivity index (χ1) is 9.88. The van der Waals surface area contributed by atoms with Gasteiger partial charge in [-0.1, -0.05) is 23.3 Å². The van der Waals surface area contributed by atoms with Crippen molar-refractivity contribution in [2.75, 3.05) is 37.8 Å². The molecular weight excluding hydrogens is 258 g/mol. The number of aromatic nitrogens is 4. The Morgan fingerprint density at radius 2 is 2.15 bits per heavy atom. The van der Waals surface area contributed by atoms with Crippen LogP contribution in [0.5, 0.6) is 0 Å². The maximum absolute atomic E-state index is 9.35. The molecule has 0 aliphatic carbocycles. The highest BCUT2D eigenvalue weighted by molar-refractivity contribution is 5.40. The molecule has 1 aliphatic heterocycles. The second kappa shape index (κ2) is 5.98. The molecule has 1 fully saturated rings. The van der Waals surface area contributed by atoms with Crippen molar-refractivity contribution in [2.45, 2.75) is 0 Å². The number of hydrogen-bond acceptors (Lipinski definition) is 6. The number of ether oxygens (including phenoxy) is 1. The largest absolute Gasteiger partial charge is 0.396 e. The van der Waals surface area contributed by atoms with Crippen molar-refractivity contribution < 1.29 is 9.84 Å². The molecule has 0 bridgehead atoms. The predicted molar refractivity (Wildman–Crippen MR) is 72.8 cm³/mol. The van der Waals surface area contributed by atoms with Crippen LogP contribution in [0.3, 0.4) is 0 Å². The summed E-state index contributed by atoms with van der Waals surface area (Å²) in [5.41, 5.74) is 0.915. The van der Waals surface area contributed by atoms with Gasteiger partial charge in [-0.25, -0.2) is 0 Å². The van der Waals surface area contributed by atoms with Gasteiger partial charge >= 0.3 is 0 Å². The molecule has 1 N–H and O–H groups in total. The molecular formula is C13H17N5O2. The monoisotopic (exact) mass is 275 g/mol. The Hall–Kier alpha value is -1.99. The van der Waals surface area contributed by atoms with Crippen molar-refractivity contribution in [1.82, 2.24) is 20.2 Å². The molecule has 0 saturated carbocycles. The zero-order valence-electron chi connectivity index (χ0n) is 11.1. The maximum Gasteiger partial charge on any atom is 0.250 e. The SMILES string of the molecule is OCC1COCCN(c2nnnn2-c2ccccc2)C1. The molecule has 106 valence electrons. The normalized spacial score (nSPS) is 19.9. The van der Waals surface area contributed by atoms with Crippen LogP contribution in [0.25, 0.3) is 5.69 Å². The van der Waals surface area contributed by atoms with Gasteiger partial charge in [0.25, 0.3) is 0 Å².